The quantitative estimate of drug-likeness (QED) is 0.727. The lowest BCUT2D eigenvalue weighted by molar-refractivity contribution is 0.200. The monoisotopic (exact) mass is 273 g/mol. The number of benzene rings is 1. The van der Waals surface area contributed by atoms with E-state index in [-0.39, 0.29) is 0 Å². The summed E-state index contributed by atoms with van der Waals surface area (Å²) in [6.07, 6.45) is 5.06. The Morgan fingerprint density at radius 1 is 1.30 bits per heavy atom. The van der Waals surface area contributed by atoms with E-state index in [9.17, 15) is 0 Å². The Hall–Kier alpha value is -1.12. The molecule has 2 heteroatoms. The van der Waals surface area contributed by atoms with Crippen molar-refractivity contribution in [3.63, 3.8) is 0 Å². The molecule has 1 saturated carbocycles. The van der Waals surface area contributed by atoms with Gasteiger partial charge in [-0.15, -0.1) is 0 Å². The molecule has 2 rings (SSSR count). The fourth-order valence-corrected chi connectivity index (χ4v) is 2.32. The lowest BCUT2D eigenvalue weighted by Gasteiger charge is -2.13. The highest BCUT2D eigenvalue weighted by atomic mass is 16.5. The third kappa shape index (κ3) is 4.77. The zero-order valence-electron chi connectivity index (χ0n) is 13.0. The van der Waals surface area contributed by atoms with E-state index in [1.54, 1.807) is 7.11 Å². The molecule has 1 aromatic rings. The second kappa shape index (κ2) is 7.61. The Labute approximate surface area is 123 Å². The van der Waals surface area contributed by atoms with Gasteiger partial charge >= 0.3 is 0 Å². The molecule has 110 valence electrons. The summed E-state index contributed by atoms with van der Waals surface area (Å²) in [5, 5.41) is 3.43. The molecule has 0 amide bonds. The average Bonchev–Trinajstić information content (AvgIpc) is 3.27. The minimum atomic E-state index is 0.563. The summed E-state index contributed by atoms with van der Waals surface area (Å²) in [5.74, 6) is 1.40. The minimum absolute atomic E-state index is 0.563. The standard InChI is InChI=1S/C18H27NO/c1-14(2)18(13-19-10-11-20-3)12-15-4-6-16(7-5-15)17-8-9-17/h4-7,12,14,17,19H,8-11,13H2,1-3H3/b18-12-. The van der Waals surface area contributed by atoms with Crippen LogP contribution in [0.15, 0.2) is 29.8 Å². The Kier molecular flexibility index (Phi) is 5.81. The third-order valence-electron chi connectivity index (χ3n) is 3.89. The topological polar surface area (TPSA) is 21.3 Å². The highest BCUT2D eigenvalue weighted by Gasteiger charge is 2.22. The van der Waals surface area contributed by atoms with Gasteiger partial charge in [0.15, 0.2) is 0 Å². The number of rotatable bonds is 8. The molecular weight excluding hydrogens is 246 g/mol. The fourth-order valence-electron chi connectivity index (χ4n) is 2.32. The lowest BCUT2D eigenvalue weighted by atomic mass is 9.99. The maximum absolute atomic E-state index is 5.06. The fraction of sp³-hybridized carbons (Fsp3) is 0.556. The maximum atomic E-state index is 5.06. The van der Waals surface area contributed by atoms with Gasteiger partial charge in [0.2, 0.25) is 0 Å². The normalized spacial score (nSPS) is 15.9. The summed E-state index contributed by atoms with van der Waals surface area (Å²) < 4.78 is 5.06. The van der Waals surface area contributed by atoms with E-state index < -0.39 is 0 Å². The van der Waals surface area contributed by atoms with Crippen LogP contribution in [-0.2, 0) is 4.74 Å². The zero-order valence-corrected chi connectivity index (χ0v) is 13.0. The summed E-state index contributed by atoms with van der Waals surface area (Å²) >= 11 is 0. The predicted molar refractivity (Wildman–Crippen MR) is 86.0 cm³/mol. The molecule has 0 bridgehead atoms. The molecule has 0 heterocycles. The van der Waals surface area contributed by atoms with Crippen LogP contribution < -0.4 is 5.32 Å². The first kappa shape index (κ1) is 15.3. The summed E-state index contributed by atoms with van der Waals surface area (Å²) in [7, 11) is 1.74. The smallest absolute Gasteiger partial charge is 0.0587 e. The summed E-state index contributed by atoms with van der Waals surface area (Å²) in [4.78, 5) is 0. The molecular formula is C18H27NO. The van der Waals surface area contributed by atoms with Crippen LogP contribution in [0.4, 0.5) is 0 Å². The van der Waals surface area contributed by atoms with Crippen molar-refractivity contribution in [3.8, 4) is 0 Å². The van der Waals surface area contributed by atoms with Crippen LogP contribution in [0.3, 0.4) is 0 Å². The predicted octanol–water partition coefficient (Wildman–Crippen LogP) is 3.84. The van der Waals surface area contributed by atoms with Gasteiger partial charge in [0.25, 0.3) is 0 Å². The molecule has 2 nitrogen and oxygen atoms in total. The van der Waals surface area contributed by atoms with Gasteiger partial charge in [0.05, 0.1) is 6.61 Å². The van der Waals surface area contributed by atoms with E-state index in [1.807, 2.05) is 0 Å². The maximum Gasteiger partial charge on any atom is 0.0587 e. The van der Waals surface area contributed by atoms with Gasteiger partial charge in [-0.2, -0.15) is 0 Å². The van der Waals surface area contributed by atoms with Crippen LogP contribution >= 0.6 is 0 Å². The molecule has 0 radical (unpaired) electrons. The average molecular weight is 273 g/mol. The zero-order chi connectivity index (χ0) is 14.4. The first-order valence-electron chi connectivity index (χ1n) is 7.70. The van der Waals surface area contributed by atoms with E-state index in [4.69, 9.17) is 4.74 Å². The van der Waals surface area contributed by atoms with Crippen LogP contribution in [0.5, 0.6) is 0 Å². The Morgan fingerprint density at radius 2 is 2.00 bits per heavy atom. The van der Waals surface area contributed by atoms with Crippen molar-refractivity contribution < 1.29 is 4.74 Å². The van der Waals surface area contributed by atoms with E-state index >= 15 is 0 Å². The number of ether oxygens (including phenoxy) is 1. The number of nitrogens with one attached hydrogen (secondary N) is 1. The molecule has 0 atom stereocenters. The largest absolute Gasteiger partial charge is 0.383 e. The first-order chi connectivity index (χ1) is 9.70. The van der Waals surface area contributed by atoms with Crippen molar-refractivity contribution in [2.75, 3.05) is 26.8 Å². The Morgan fingerprint density at radius 3 is 2.55 bits per heavy atom. The van der Waals surface area contributed by atoms with Crippen molar-refractivity contribution in [3.05, 3.63) is 41.0 Å². The number of hydrogen-bond donors (Lipinski definition) is 1. The van der Waals surface area contributed by atoms with Gasteiger partial charge in [-0.05, 0) is 35.8 Å². The van der Waals surface area contributed by atoms with E-state index in [2.05, 4.69) is 49.5 Å². The molecule has 0 saturated heterocycles. The highest BCUT2D eigenvalue weighted by molar-refractivity contribution is 5.54. The molecule has 0 unspecified atom stereocenters. The first-order valence-corrected chi connectivity index (χ1v) is 7.70. The van der Waals surface area contributed by atoms with Crippen LogP contribution in [0.25, 0.3) is 6.08 Å². The van der Waals surface area contributed by atoms with Gasteiger partial charge in [-0.25, -0.2) is 0 Å². The van der Waals surface area contributed by atoms with E-state index in [1.165, 1.54) is 29.5 Å². The number of methoxy groups -OCH3 is 1. The van der Waals surface area contributed by atoms with Crippen LogP contribution in [0, 0.1) is 5.92 Å². The van der Waals surface area contributed by atoms with Crippen molar-refractivity contribution in [1.29, 1.82) is 0 Å². The van der Waals surface area contributed by atoms with Crippen molar-refractivity contribution in [2.45, 2.75) is 32.6 Å². The van der Waals surface area contributed by atoms with Crippen LogP contribution in [0.1, 0.15) is 43.7 Å². The van der Waals surface area contributed by atoms with Crippen molar-refractivity contribution in [2.24, 2.45) is 5.92 Å². The SMILES string of the molecule is COCCNC/C(=C/c1ccc(C2CC2)cc1)C(C)C. The third-order valence-corrected chi connectivity index (χ3v) is 3.89. The molecule has 1 aliphatic carbocycles. The molecule has 0 aromatic heterocycles. The van der Waals surface area contributed by atoms with Gasteiger partial charge in [-0.1, -0.05) is 49.8 Å². The molecule has 1 fully saturated rings. The van der Waals surface area contributed by atoms with E-state index in [0.29, 0.717) is 5.92 Å². The number of hydrogen-bond acceptors (Lipinski definition) is 2. The molecule has 0 aliphatic heterocycles. The lowest BCUT2D eigenvalue weighted by Crippen LogP contribution is -2.23. The van der Waals surface area contributed by atoms with Gasteiger partial charge in [0.1, 0.15) is 0 Å². The van der Waals surface area contributed by atoms with Gasteiger partial charge in [0, 0.05) is 20.2 Å². The van der Waals surface area contributed by atoms with E-state index in [0.717, 1.165) is 25.6 Å². The Bertz CT molecular complexity index is 429. The molecule has 20 heavy (non-hydrogen) atoms. The summed E-state index contributed by atoms with van der Waals surface area (Å²) in [5.41, 5.74) is 4.26. The second-order valence-corrected chi connectivity index (χ2v) is 5.98. The van der Waals surface area contributed by atoms with Crippen molar-refractivity contribution >= 4 is 6.08 Å². The summed E-state index contributed by atoms with van der Waals surface area (Å²) in [6.45, 7) is 7.11. The second-order valence-electron chi connectivity index (χ2n) is 5.98. The van der Waals surface area contributed by atoms with Crippen LogP contribution in [0.2, 0.25) is 0 Å². The molecule has 1 aromatic carbocycles. The molecule has 0 spiro atoms. The van der Waals surface area contributed by atoms with Crippen molar-refractivity contribution in [1.82, 2.24) is 5.32 Å². The minimum Gasteiger partial charge on any atom is -0.383 e. The van der Waals surface area contributed by atoms with Crippen LogP contribution in [-0.4, -0.2) is 26.8 Å². The Balaban J connectivity index is 1.95. The van der Waals surface area contributed by atoms with Gasteiger partial charge < -0.3 is 10.1 Å². The summed E-state index contributed by atoms with van der Waals surface area (Å²) in [6, 6.07) is 9.09. The highest BCUT2D eigenvalue weighted by Crippen LogP contribution is 2.39. The van der Waals surface area contributed by atoms with Gasteiger partial charge in [-0.3, -0.25) is 0 Å². The molecule has 1 N–H and O–H groups in total. The molecule has 1 aliphatic rings.